The topological polar surface area (TPSA) is 79.6 Å². The van der Waals surface area contributed by atoms with Gasteiger partial charge in [-0.05, 0) is 30.7 Å². The van der Waals surface area contributed by atoms with E-state index < -0.39 is 0 Å². The highest BCUT2D eigenvalue weighted by Crippen LogP contribution is 2.25. The molecule has 3 aromatic rings. The number of aryl methyl sites for hydroxylation is 1. The third kappa shape index (κ3) is 2.35. The van der Waals surface area contributed by atoms with Gasteiger partial charge in [0.25, 0.3) is 0 Å². The van der Waals surface area contributed by atoms with Crippen molar-refractivity contribution in [2.24, 2.45) is 0 Å². The fourth-order valence-electron chi connectivity index (χ4n) is 1.96. The largest absolute Gasteiger partial charge is 0.397 e. The number of H-pyrrole nitrogens is 1. The normalized spacial score (nSPS) is 10.8. The molecule has 5 nitrogen and oxygen atoms in total. The minimum absolute atomic E-state index is 0.692. The number of rotatable bonds is 3. The van der Waals surface area contributed by atoms with Gasteiger partial charge < -0.3 is 11.1 Å². The summed E-state index contributed by atoms with van der Waals surface area (Å²) in [6, 6.07) is 7.94. The molecule has 0 aliphatic carbocycles. The lowest BCUT2D eigenvalue weighted by atomic mass is 10.2. The average molecular weight is 253 g/mol. The van der Waals surface area contributed by atoms with Crippen molar-refractivity contribution >= 4 is 22.3 Å². The van der Waals surface area contributed by atoms with Gasteiger partial charge in [-0.2, -0.15) is 5.10 Å². The molecule has 4 N–H and O–H groups in total. The number of aromatic nitrogens is 3. The summed E-state index contributed by atoms with van der Waals surface area (Å²) in [6.07, 6.45) is 3.63. The smallest absolute Gasteiger partial charge is 0.0672 e. The zero-order chi connectivity index (χ0) is 13.2. The van der Waals surface area contributed by atoms with Crippen LogP contribution in [0.25, 0.3) is 10.9 Å². The fourth-order valence-corrected chi connectivity index (χ4v) is 1.96. The van der Waals surface area contributed by atoms with Crippen LogP contribution in [0.4, 0.5) is 11.4 Å². The number of anilines is 2. The van der Waals surface area contributed by atoms with Gasteiger partial charge >= 0.3 is 0 Å². The molecule has 0 unspecified atom stereocenters. The molecule has 5 heteroatoms. The van der Waals surface area contributed by atoms with Crippen molar-refractivity contribution in [1.29, 1.82) is 0 Å². The molecule has 3 rings (SSSR count). The SMILES string of the molecule is Cc1ccc(CNc2cc3[nH]ncc3cc2N)cn1. The van der Waals surface area contributed by atoms with Crippen molar-refractivity contribution < 1.29 is 0 Å². The Morgan fingerprint density at radius 1 is 1.26 bits per heavy atom. The Bertz CT molecular complexity index is 699. The first-order valence-corrected chi connectivity index (χ1v) is 6.10. The van der Waals surface area contributed by atoms with Gasteiger partial charge in [0.15, 0.2) is 0 Å². The Morgan fingerprint density at radius 3 is 2.95 bits per heavy atom. The number of fused-ring (bicyclic) bond motifs is 1. The summed E-state index contributed by atoms with van der Waals surface area (Å²) in [5.74, 6) is 0. The maximum atomic E-state index is 6.01. The molecule has 2 aromatic heterocycles. The molecule has 2 heterocycles. The maximum Gasteiger partial charge on any atom is 0.0672 e. The van der Waals surface area contributed by atoms with Crippen LogP contribution >= 0.6 is 0 Å². The lowest BCUT2D eigenvalue weighted by Gasteiger charge is -2.09. The summed E-state index contributed by atoms with van der Waals surface area (Å²) in [4.78, 5) is 4.27. The van der Waals surface area contributed by atoms with Crippen LogP contribution in [0.1, 0.15) is 11.3 Å². The van der Waals surface area contributed by atoms with E-state index in [2.05, 4.69) is 26.6 Å². The highest BCUT2D eigenvalue weighted by atomic mass is 15.1. The van der Waals surface area contributed by atoms with Crippen molar-refractivity contribution in [2.75, 3.05) is 11.1 Å². The van der Waals surface area contributed by atoms with Crippen LogP contribution in [0, 0.1) is 6.92 Å². The van der Waals surface area contributed by atoms with Crippen molar-refractivity contribution in [3.8, 4) is 0 Å². The summed E-state index contributed by atoms with van der Waals surface area (Å²) in [5, 5.41) is 11.3. The van der Waals surface area contributed by atoms with Crippen molar-refractivity contribution in [1.82, 2.24) is 15.2 Å². The first-order chi connectivity index (χ1) is 9.22. The van der Waals surface area contributed by atoms with Gasteiger partial charge in [0.2, 0.25) is 0 Å². The Kier molecular flexibility index (Phi) is 2.79. The number of benzene rings is 1. The number of nitrogen functional groups attached to an aromatic ring is 1. The third-order valence-corrected chi connectivity index (χ3v) is 3.07. The fraction of sp³-hybridized carbons (Fsp3) is 0.143. The lowest BCUT2D eigenvalue weighted by Crippen LogP contribution is -2.03. The molecule has 0 amide bonds. The summed E-state index contributed by atoms with van der Waals surface area (Å²) < 4.78 is 0. The van der Waals surface area contributed by atoms with Gasteiger partial charge in [0.1, 0.15) is 0 Å². The number of nitrogens with zero attached hydrogens (tertiary/aromatic N) is 2. The molecule has 0 saturated heterocycles. The molecule has 96 valence electrons. The van der Waals surface area contributed by atoms with Crippen molar-refractivity contribution in [2.45, 2.75) is 13.5 Å². The summed E-state index contributed by atoms with van der Waals surface area (Å²) in [5.41, 5.74) is 10.7. The van der Waals surface area contributed by atoms with E-state index in [4.69, 9.17) is 5.73 Å². The van der Waals surface area contributed by atoms with E-state index >= 15 is 0 Å². The van der Waals surface area contributed by atoms with Gasteiger partial charge in [-0.15, -0.1) is 0 Å². The van der Waals surface area contributed by atoms with Crippen molar-refractivity contribution in [3.63, 3.8) is 0 Å². The molecule has 0 saturated carbocycles. The zero-order valence-electron chi connectivity index (χ0n) is 10.6. The molecular weight excluding hydrogens is 238 g/mol. The standard InChI is InChI=1S/C14H15N5/c1-9-2-3-10(6-16-9)7-17-14-5-13-11(4-12(14)15)8-18-19-13/h2-6,8,17H,7,15H2,1H3,(H,18,19). The molecule has 0 aliphatic heterocycles. The van der Waals surface area contributed by atoms with Crippen molar-refractivity contribution in [3.05, 3.63) is 47.9 Å². The van der Waals surface area contributed by atoms with E-state index in [0.29, 0.717) is 12.2 Å². The number of nitrogens with one attached hydrogen (secondary N) is 2. The maximum absolute atomic E-state index is 6.01. The minimum atomic E-state index is 0.692. The Hall–Kier alpha value is -2.56. The quantitative estimate of drug-likeness (QED) is 0.626. The molecule has 0 atom stereocenters. The van der Waals surface area contributed by atoms with E-state index in [9.17, 15) is 0 Å². The third-order valence-electron chi connectivity index (χ3n) is 3.07. The van der Waals surface area contributed by atoms with E-state index in [1.54, 1.807) is 6.20 Å². The van der Waals surface area contributed by atoms with E-state index in [0.717, 1.165) is 27.8 Å². The molecular formula is C14H15N5. The molecule has 0 aliphatic rings. The van der Waals surface area contributed by atoms with E-state index in [1.807, 2.05) is 31.3 Å². The van der Waals surface area contributed by atoms with Crippen LogP contribution < -0.4 is 11.1 Å². The van der Waals surface area contributed by atoms with E-state index in [1.165, 1.54) is 0 Å². The molecule has 0 bridgehead atoms. The van der Waals surface area contributed by atoms with Gasteiger partial charge in [0.05, 0.1) is 23.1 Å². The summed E-state index contributed by atoms with van der Waals surface area (Å²) in [7, 11) is 0. The van der Waals surface area contributed by atoms with Crippen LogP contribution in [0.2, 0.25) is 0 Å². The lowest BCUT2D eigenvalue weighted by molar-refractivity contribution is 1.08. The molecule has 0 spiro atoms. The number of hydrogen-bond donors (Lipinski definition) is 3. The highest BCUT2D eigenvalue weighted by molar-refractivity contribution is 5.88. The predicted molar refractivity (Wildman–Crippen MR) is 76.8 cm³/mol. The molecule has 1 aromatic carbocycles. The van der Waals surface area contributed by atoms with Gasteiger partial charge in [0, 0.05) is 23.8 Å². The highest BCUT2D eigenvalue weighted by Gasteiger charge is 2.03. The average Bonchev–Trinajstić information content (AvgIpc) is 2.85. The van der Waals surface area contributed by atoms with Crippen LogP contribution in [0.15, 0.2) is 36.7 Å². The summed E-state index contributed by atoms with van der Waals surface area (Å²) in [6.45, 7) is 2.67. The minimum Gasteiger partial charge on any atom is -0.397 e. The van der Waals surface area contributed by atoms with Crippen LogP contribution in [0.3, 0.4) is 0 Å². The second-order valence-corrected chi connectivity index (χ2v) is 4.56. The Morgan fingerprint density at radius 2 is 2.16 bits per heavy atom. The van der Waals surface area contributed by atoms with Gasteiger partial charge in [-0.3, -0.25) is 10.1 Å². The zero-order valence-corrected chi connectivity index (χ0v) is 10.6. The summed E-state index contributed by atoms with van der Waals surface area (Å²) >= 11 is 0. The number of nitrogens with two attached hydrogens (primary N) is 1. The Labute approximate surface area is 110 Å². The number of pyridine rings is 1. The molecule has 0 radical (unpaired) electrons. The van der Waals surface area contributed by atoms with Crippen LogP contribution in [-0.4, -0.2) is 15.2 Å². The van der Waals surface area contributed by atoms with Crippen LogP contribution in [0.5, 0.6) is 0 Å². The van der Waals surface area contributed by atoms with E-state index in [-0.39, 0.29) is 0 Å². The Balaban J connectivity index is 1.80. The van der Waals surface area contributed by atoms with Gasteiger partial charge in [-0.1, -0.05) is 6.07 Å². The number of hydrogen-bond acceptors (Lipinski definition) is 4. The monoisotopic (exact) mass is 253 g/mol. The molecule has 0 fully saturated rings. The second kappa shape index (κ2) is 4.61. The van der Waals surface area contributed by atoms with Gasteiger partial charge in [-0.25, -0.2) is 0 Å². The first-order valence-electron chi connectivity index (χ1n) is 6.10. The number of aromatic amines is 1. The second-order valence-electron chi connectivity index (χ2n) is 4.56. The van der Waals surface area contributed by atoms with Crippen LogP contribution in [-0.2, 0) is 6.54 Å². The first kappa shape index (κ1) is 11.5. The predicted octanol–water partition coefficient (Wildman–Crippen LogP) is 2.46. The molecule has 19 heavy (non-hydrogen) atoms.